The number of benzene rings is 1. The summed E-state index contributed by atoms with van der Waals surface area (Å²) >= 11 is 0. The number of aryl methyl sites for hydroxylation is 1. The monoisotopic (exact) mass is 364 g/mol. The molecule has 0 saturated heterocycles. The number of aromatic nitrogens is 2. The summed E-state index contributed by atoms with van der Waals surface area (Å²) < 4.78 is 17.2. The summed E-state index contributed by atoms with van der Waals surface area (Å²) in [5, 5.41) is 0. The molecule has 0 aliphatic carbocycles. The molecule has 0 unspecified atom stereocenters. The van der Waals surface area contributed by atoms with Gasteiger partial charge in [-0.15, -0.1) is 0 Å². The van der Waals surface area contributed by atoms with Crippen LogP contribution in [0.25, 0.3) is 11.7 Å². The van der Waals surface area contributed by atoms with Gasteiger partial charge in [0.25, 0.3) is 5.56 Å². The molecule has 0 amide bonds. The molecule has 1 aliphatic heterocycles. The van der Waals surface area contributed by atoms with Gasteiger partial charge in [-0.25, -0.2) is 9.78 Å². The molecule has 0 fully saturated rings. The van der Waals surface area contributed by atoms with Gasteiger partial charge < -0.3 is 14.2 Å². The second kappa shape index (κ2) is 6.95. The van der Waals surface area contributed by atoms with Gasteiger partial charge in [0.05, 0.1) is 5.69 Å². The van der Waals surface area contributed by atoms with Crippen LogP contribution in [0.5, 0.6) is 11.5 Å². The number of rotatable bonds is 4. The first-order chi connectivity index (χ1) is 13.1. The fourth-order valence-corrected chi connectivity index (χ4v) is 2.71. The van der Waals surface area contributed by atoms with E-state index in [-0.39, 0.29) is 19.0 Å². The Morgan fingerprint density at radius 3 is 2.96 bits per heavy atom. The summed E-state index contributed by atoms with van der Waals surface area (Å²) in [6.45, 7) is 2.01. The largest absolute Gasteiger partial charge is 0.456 e. The van der Waals surface area contributed by atoms with E-state index in [2.05, 4.69) is 4.98 Å². The number of nitrogens with zero attached hydrogens (tertiary/aromatic N) is 2. The van der Waals surface area contributed by atoms with Gasteiger partial charge in [0.15, 0.2) is 11.5 Å². The summed E-state index contributed by atoms with van der Waals surface area (Å²) in [5.74, 6) is 0.791. The number of carbonyl (C=O) groups is 1. The number of carbonyl (C=O) groups excluding carboxylic acids is 1. The second-order valence-corrected chi connectivity index (χ2v) is 6.07. The maximum atomic E-state index is 12.1. The minimum absolute atomic E-state index is 0.0794. The first kappa shape index (κ1) is 16.8. The van der Waals surface area contributed by atoms with E-state index in [1.807, 2.05) is 19.1 Å². The highest BCUT2D eigenvalue weighted by Crippen LogP contribution is 2.32. The number of fused-ring (bicyclic) bond motifs is 2. The Labute approximate surface area is 154 Å². The molecule has 3 heterocycles. The van der Waals surface area contributed by atoms with Gasteiger partial charge in [0.1, 0.15) is 12.3 Å². The average molecular weight is 364 g/mol. The van der Waals surface area contributed by atoms with E-state index >= 15 is 0 Å². The fraction of sp³-hybridized carbons (Fsp3) is 0.150. The van der Waals surface area contributed by atoms with Gasteiger partial charge in [-0.1, -0.05) is 12.1 Å². The van der Waals surface area contributed by atoms with E-state index < -0.39 is 5.97 Å². The van der Waals surface area contributed by atoms with E-state index in [1.54, 1.807) is 30.5 Å². The second-order valence-electron chi connectivity index (χ2n) is 6.07. The highest BCUT2D eigenvalue weighted by molar-refractivity contribution is 5.87. The van der Waals surface area contributed by atoms with E-state index in [9.17, 15) is 9.59 Å². The molecule has 0 saturated carbocycles. The smallest absolute Gasteiger partial charge is 0.331 e. The fourth-order valence-electron chi connectivity index (χ4n) is 2.71. The third-order valence-corrected chi connectivity index (χ3v) is 4.03. The van der Waals surface area contributed by atoms with Crippen molar-refractivity contribution in [3.05, 3.63) is 75.8 Å². The third kappa shape index (κ3) is 3.67. The quantitative estimate of drug-likeness (QED) is 0.523. The van der Waals surface area contributed by atoms with Crippen LogP contribution in [-0.4, -0.2) is 22.1 Å². The average Bonchev–Trinajstić information content (AvgIpc) is 3.13. The standard InChI is InChI=1S/C20H16N2O5/c1-13-2-6-18-21-15(9-19(23)22(18)10-13)11-25-20(24)7-4-14-3-5-16-17(8-14)27-12-26-16/h2-10H,11-12H2,1H3/b7-4+. The molecule has 7 heteroatoms. The normalized spacial score (nSPS) is 12.6. The summed E-state index contributed by atoms with van der Waals surface area (Å²) in [4.78, 5) is 28.4. The van der Waals surface area contributed by atoms with E-state index in [1.165, 1.54) is 16.5 Å². The molecule has 4 rings (SSSR count). The molecule has 0 bridgehead atoms. The Morgan fingerprint density at radius 2 is 2.07 bits per heavy atom. The van der Waals surface area contributed by atoms with Crippen molar-refractivity contribution in [3.8, 4) is 11.5 Å². The Kier molecular flexibility index (Phi) is 4.33. The van der Waals surface area contributed by atoms with Crippen LogP contribution in [0.15, 0.2) is 53.5 Å². The summed E-state index contributed by atoms with van der Waals surface area (Å²) in [6.07, 6.45) is 4.65. The van der Waals surface area contributed by atoms with E-state index in [0.29, 0.717) is 22.8 Å². The SMILES string of the molecule is Cc1ccc2nc(COC(=O)/C=C/c3ccc4c(c3)OCO4)cc(=O)n2c1. The van der Waals surface area contributed by atoms with Gasteiger partial charge in [0, 0.05) is 18.3 Å². The lowest BCUT2D eigenvalue weighted by Crippen LogP contribution is -2.16. The molecule has 2 aromatic heterocycles. The van der Waals surface area contributed by atoms with Gasteiger partial charge in [0.2, 0.25) is 6.79 Å². The Hall–Kier alpha value is -3.61. The summed E-state index contributed by atoms with van der Waals surface area (Å²) in [7, 11) is 0. The first-order valence-electron chi connectivity index (χ1n) is 8.32. The molecule has 0 radical (unpaired) electrons. The number of esters is 1. The predicted octanol–water partition coefficient (Wildman–Crippen LogP) is 2.49. The van der Waals surface area contributed by atoms with Crippen LogP contribution in [0, 0.1) is 6.92 Å². The molecule has 1 aromatic carbocycles. The number of pyridine rings is 1. The molecule has 7 nitrogen and oxygen atoms in total. The highest BCUT2D eigenvalue weighted by atomic mass is 16.7. The molecular formula is C20H16N2O5. The van der Waals surface area contributed by atoms with Crippen LogP contribution in [0.1, 0.15) is 16.8 Å². The van der Waals surface area contributed by atoms with Crippen molar-refractivity contribution in [2.24, 2.45) is 0 Å². The van der Waals surface area contributed by atoms with Gasteiger partial charge in [-0.05, 0) is 42.3 Å². The zero-order valence-electron chi connectivity index (χ0n) is 14.5. The van der Waals surface area contributed by atoms with Crippen molar-refractivity contribution in [1.82, 2.24) is 9.38 Å². The minimum atomic E-state index is -0.529. The summed E-state index contributed by atoms with van der Waals surface area (Å²) in [5.41, 5.74) is 2.43. The lowest BCUT2D eigenvalue weighted by molar-refractivity contribution is -0.139. The zero-order chi connectivity index (χ0) is 18.8. The number of hydrogen-bond donors (Lipinski definition) is 0. The minimum Gasteiger partial charge on any atom is -0.456 e. The lowest BCUT2D eigenvalue weighted by Gasteiger charge is -2.05. The van der Waals surface area contributed by atoms with Crippen LogP contribution in [0.4, 0.5) is 0 Å². The summed E-state index contributed by atoms with van der Waals surface area (Å²) in [6, 6.07) is 10.3. The maximum absolute atomic E-state index is 12.1. The van der Waals surface area contributed by atoms with Crippen LogP contribution >= 0.6 is 0 Å². The van der Waals surface area contributed by atoms with Crippen molar-refractivity contribution in [3.63, 3.8) is 0 Å². The molecule has 1 aliphatic rings. The zero-order valence-corrected chi connectivity index (χ0v) is 14.5. The molecule has 0 spiro atoms. The number of ether oxygens (including phenoxy) is 3. The van der Waals surface area contributed by atoms with Crippen molar-refractivity contribution in [2.45, 2.75) is 13.5 Å². The van der Waals surface area contributed by atoms with E-state index in [4.69, 9.17) is 14.2 Å². The molecule has 136 valence electrons. The highest BCUT2D eigenvalue weighted by Gasteiger charge is 2.12. The van der Waals surface area contributed by atoms with Crippen molar-refractivity contribution >= 4 is 17.7 Å². The maximum Gasteiger partial charge on any atom is 0.331 e. The molecule has 0 N–H and O–H groups in total. The van der Waals surface area contributed by atoms with Crippen LogP contribution in [0.2, 0.25) is 0 Å². The van der Waals surface area contributed by atoms with Crippen molar-refractivity contribution in [1.29, 1.82) is 0 Å². The Morgan fingerprint density at radius 1 is 1.22 bits per heavy atom. The van der Waals surface area contributed by atoms with E-state index in [0.717, 1.165) is 11.1 Å². The molecule has 3 aromatic rings. The lowest BCUT2D eigenvalue weighted by atomic mass is 10.2. The third-order valence-electron chi connectivity index (χ3n) is 4.03. The molecule has 27 heavy (non-hydrogen) atoms. The van der Waals surface area contributed by atoms with Gasteiger partial charge >= 0.3 is 5.97 Å². The topological polar surface area (TPSA) is 79.1 Å². The van der Waals surface area contributed by atoms with Crippen molar-refractivity contribution < 1.29 is 19.0 Å². The predicted molar refractivity (Wildman–Crippen MR) is 97.6 cm³/mol. The van der Waals surface area contributed by atoms with Gasteiger partial charge in [-0.3, -0.25) is 9.20 Å². The van der Waals surface area contributed by atoms with Crippen molar-refractivity contribution in [2.75, 3.05) is 6.79 Å². The number of hydrogen-bond acceptors (Lipinski definition) is 6. The molecular weight excluding hydrogens is 348 g/mol. The van der Waals surface area contributed by atoms with Crippen LogP contribution in [0.3, 0.4) is 0 Å². The van der Waals surface area contributed by atoms with Crippen LogP contribution < -0.4 is 15.0 Å². The first-order valence-corrected chi connectivity index (χ1v) is 8.32. The Bertz CT molecular complexity index is 1120. The molecule has 0 atom stereocenters. The Balaban J connectivity index is 1.42. The van der Waals surface area contributed by atoms with Crippen LogP contribution in [-0.2, 0) is 16.1 Å². The van der Waals surface area contributed by atoms with Gasteiger partial charge in [-0.2, -0.15) is 0 Å².